The highest BCUT2D eigenvalue weighted by atomic mass is 16.3. The van der Waals surface area contributed by atoms with Crippen molar-refractivity contribution < 1.29 is 20.5 Å². The summed E-state index contributed by atoms with van der Waals surface area (Å²) in [4.78, 5) is 10.4. The Morgan fingerprint density at radius 1 is 1.40 bits per heavy atom. The van der Waals surface area contributed by atoms with Gasteiger partial charge in [-0.05, 0) is 23.8 Å². The summed E-state index contributed by atoms with van der Waals surface area (Å²) in [6.07, 6.45) is 1.36. The molecule has 0 aromatic heterocycles. The van der Waals surface area contributed by atoms with Gasteiger partial charge in [-0.25, -0.2) is 5.43 Å². The van der Waals surface area contributed by atoms with E-state index in [1.54, 1.807) is 6.07 Å². The molecular weight excluding hydrogens is 200 g/mol. The normalized spacial score (nSPS) is 9.67. The van der Waals surface area contributed by atoms with Crippen molar-refractivity contribution in [3.8, 4) is 11.5 Å². The van der Waals surface area contributed by atoms with Gasteiger partial charge in [-0.2, -0.15) is 5.10 Å². The summed E-state index contributed by atoms with van der Waals surface area (Å²) in [5, 5.41) is 21.7. The maximum absolute atomic E-state index is 10.4. The Morgan fingerprint density at radius 2 is 2.07 bits per heavy atom. The number of aromatic hydroxyl groups is 2. The van der Waals surface area contributed by atoms with E-state index in [0.717, 1.165) is 0 Å². The number of carbonyl (C=O) groups is 1. The smallest absolute Gasteiger partial charge is 0.236 e. The average molecular weight is 212 g/mol. The molecule has 1 amide bonds. The summed E-state index contributed by atoms with van der Waals surface area (Å²) in [6.45, 7) is 1.34. The highest BCUT2D eigenvalue weighted by molar-refractivity contribution is 5.82. The number of nitrogens with zero attached hydrogens (tertiary/aromatic N) is 1. The van der Waals surface area contributed by atoms with Gasteiger partial charge in [-0.3, -0.25) is 4.79 Å². The van der Waals surface area contributed by atoms with Crippen molar-refractivity contribution in [2.45, 2.75) is 6.92 Å². The number of phenols is 2. The van der Waals surface area contributed by atoms with Gasteiger partial charge in [0.15, 0.2) is 11.5 Å². The van der Waals surface area contributed by atoms with Crippen LogP contribution in [0.1, 0.15) is 12.5 Å². The van der Waals surface area contributed by atoms with Crippen LogP contribution in [0.25, 0.3) is 0 Å². The zero-order chi connectivity index (χ0) is 10.6. The molecule has 0 unspecified atom stereocenters. The molecule has 1 aromatic carbocycles. The van der Waals surface area contributed by atoms with Gasteiger partial charge < -0.3 is 15.7 Å². The van der Waals surface area contributed by atoms with Crippen molar-refractivity contribution >= 4 is 12.1 Å². The molecule has 0 bridgehead atoms. The Labute approximate surface area is 86.2 Å². The molecular formula is C9H12N2O4. The Hall–Kier alpha value is -2.08. The molecule has 6 heteroatoms. The van der Waals surface area contributed by atoms with Gasteiger partial charge in [0.25, 0.3) is 0 Å². The summed E-state index contributed by atoms with van der Waals surface area (Å²) in [5.41, 5.74) is 2.79. The lowest BCUT2D eigenvalue weighted by molar-refractivity contribution is -0.118. The topological polar surface area (TPSA) is 113 Å². The van der Waals surface area contributed by atoms with Crippen molar-refractivity contribution in [1.82, 2.24) is 5.43 Å². The number of nitrogens with one attached hydrogen (secondary N) is 1. The molecule has 0 atom stereocenters. The summed E-state index contributed by atoms with van der Waals surface area (Å²) >= 11 is 0. The van der Waals surface area contributed by atoms with Crippen LogP contribution in [0.5, 0.6) is 11.5 Å². The SMILES string of the molecule is CC(=O)N/N=C/c1ccc(O)c(O)c1.O. The summed E-state index contributed by atoms with van der Waals surface area (Å²) in [7, 11) is 0. The molecule has 1 aromatic rings. The molecule has 1 rings (SSSR count). The van der Waals surface area contributed by atoms with Crippen molar-refractivity contribution in [3.63, 3.8) is 0 Å². The molecule has 82 valence electrons. The van der Waals surface area contributed by atoms with Crippen molar-refractivity contribution in [2.24, 2.45) is 5.10 Å². The van der Waals surface area contributed by atoms with E-state index in [9.17, 15) is 4.79 Å². The van der Waals surface area contributed by atoms with Gasteiger partial charge in [0.1, 0.15) is 0 Å². The number of hydrogen-bond acceptors (Lipinski definition) is 4. The Kier molecular flexibility index (Phi) is 4.83. The standard InChI is InChI=1S/C9H10N2O3.H2O/c1-6(12)11-10-5-7-2-3-8(13)9(14)4-7;/h2-5,13-14H,1H3,(H,11,12);1H2/b10-5+;. The van der Waals surface area contributed by atoms with E-state index in [0.29, 0.717) is 5.56 Å². The van der Waals surface area contributed by atoms with E-state index in [-0.39, 0.29) is 22.9 Å². The molecule has 0 radical (unpaired) electrons. The molecule has 0 fully saturated rings. The van der Waals surface area contributed by atoms with Crippen LogP contribution in [-0.4, -0.2) is 27.8 Å². The molecule has 0 aliphatic carbocycles. The van der Waals surface area contributed by atoms with Crippen LogP contribution < -0.4 is 5.43 Å². The Bertz CT molecular complexity index is 376. The van der Waals surface area contributed by atoms with Gasteiger partial charge in [0.05, 0.1) is 6.21 Å². The van der Waals surface area contributed by atoms with Crippen LogP contribution in [0.3, 0.4) is 0 Å². The molecule has 0 saturated carbocycles. The summed E-state index contributed by atoms with van der Waals surface area (Å²) in [5.74, 6) is -0.692. The number of rotatable bonds is 2. The zero-order valence-electron chi connectivity index (χ0n) is 8.06. The number of benzene rings is 1. The fourth-order valence-electron chi connectivity index (χ4n) is 0.818. The Balaban J connectivity index is 0.00000196. The van der Waals surface area contributed by atoms with Gasteiger partial charge in [-0.15, -0.1) is 0 Å². The van der Waals surface area contributed by atoms with Gasteiger partial charge in [0.2, 0.25) is 5.91 Å². The maximum atomic E-state index is 10.4. The first-order chi connectivity index (χ1) is 6.59. The van der Waals surface area contributed by atoms with E-state index in [2.05, 4.69) is 10.5 Å². The predicted molar refractivity (Wildman–Crippen MR) is 54.8 cm³/mol. The van der Waals surface area contributed by atoms with Crippen LogP contribution in [-0.2, 0) is 4.79 Å². The number of hydrogen-bond donors (Lipinski definition) is 3. The first-order valence-corrected chi connectivity index (χ1v) is 3.91. The minimum atomic E-state index is -0.274. The molecule has 0 aliphatic rings. The third kappa shape index (κ3) is 4.10. The number of hydrazone groups is 1. The van der Waals surface area contributed by atoms with E-state index >= 15 is 0 Å². The van der Waals surface area contributed by atoms with Gasteiger partial charge >= 0.3 is 0 Å². The quantitative estimate of drug-likeness (QED) is 0.356. The number of amides is 1. The minimum absolute atomic E-state index is 0. The van der Waals surface area contributed by atoms with E-state index < -0.39 is 0 Å². The largest absolute Gasteiger partial charge is 0.504 e. The number of carbonyl (C=O) groups excluding carboxylic acids is 1. The van der Waals surface area contributed by atoms with Crippen LogP contribution in [0.15, 0.2) is 23.3 Å². The van der Waals surface area contributed by atoms with Crippen molar-refractivity contribution in [1.29, 1.82) is 0 Å². The fourth-order valence-corrected chi connectivity index (χ4v) is 0.818. The first kappa shape index (κ1) is 12.9. The monoisotopic (exact) mass is 212 g/mol. The third-order valence-electron chi connectivity index (χ3n) is 1.44. The lowest BCUT2D eigenvalue weighted by Gasteiger charge is -1.97. The van der Waals surface area contributed by atoms with E-state index in [1.165, 1.54) is 25.3 Å². The lowest BCUT2D eigenvalue weighted by Crippen LogP contribution is -2.12. The second-order valence-electron chi connectivity index (χ2n) is 2.67. The Morgan fingerprint density at radius 3 is 2.60 bits per heavy atom. The van der Waals surface area contributed by atoms with Crippen molar-refractivity contribution in [2.75, 3.05) is 0 Å². The second-order valence-corrected chi connectivity index (χ2v) is 2.67. The van der Waals surface area contributed by atoms with Crippen LogP contribution in [0.4, 0.5) is 0 Å². The van der Waals surface area contributed by atoms with Gasteiger partial charge in [0, 0.05) is 6.92 Å². The van der Waals surface area contributed by atoms with E-state index in [1.807, 2.05) is 0 Å². The lowest BCUT2D eigenvalue weighted by atomic mass is 10.2. The molecule has 0 saturated heterocycles. The second kappa shape index (κ2) is 5.61. The molecule has 15 heavy (non-hydrogen) atoms. The summed E-state index contributed by atoms with van der Waals surface area (Å²) < 4.78 is 0. The molecule has 6 nitrogen and oxygen atoms in total. The highest BCUT2D eigenvalue weighted by Gasteiger charge is 1.97. The third-order valence-corrected chi connectivity index (χ3v) is 1.44. The van der Waals surface area contributed by atoms with Gasteiger partial charge in [-0.1, -0.05) is 0 Å². The maximum Gasteiger partial charge on any atom is 0.236 e. The minimum Gasteiger partial charge on any atom is -0.504 e. The first-order valence-electron chi connectivity index (χ1n) is 3.91. The van der Waals surface area contributed by atoms with E-state index in [4.69, 9.17) is 10.2 Å². The highest BCUT2D eigenvalue weighted by Crippen LogP contribution is 2.23. The molecule has 0 aliphatic heterocycles. The van der Waals surface area contributed by atoms with Crippen LogP contribution in [0, 0.1) is 0 Å². The molecule has 0 heterocycles. The average Bonchev–Trinajstić information content (AvgIpc) is 2.10. The number of phenolic OH excluding ortho intramolecular Hbond substituents is 2. The van der Waals surface area contributed by atoms with Crippen LogP contribution in [0.2, 0.25) is 0 Å². The summed E-state index contributed by atoms with van der Waals surface area (Å²) in [6, 6.07) is 4.23. The zero-order valence-corrected chi connectivity index (χ0v) is 8.06. The molecule has 5 N–H and O–H groups in total. The van der Waals surface area contributed by atoms with Crippen LogP contribution >= 0.6 is 0 Å². The fraction of sp³-hybridized carbons (Fsp3) is 0.111. The predicted octanol–water partition coefficient (Wildman–Crippen LogP) is -0.257. The molecule has 0 spiro atoms. The van der Waals surface area contributed by atoms with Crippen molar-refractivity contribution in [3.05, 3.63) is 23.8 Å².